The Balaban J connectivity index is 1.49. The molecule has 1 atom stereocenters. The van der Waals surface area contributed by atoms with E-state index in [0.29, 0.717) is 26.3 Å². The third kappa shape index (κ3) is 3.72. The number of carbonyl (C=O) groups excluding carboxylic acids is 1. The van der Waals surface area contributed by atoms with Gasteiger partial charge in [-0.2, -0.15) is 11.8 Å². The number of hydrogen-bond acceptors (Lipinski definition) is 5. The van der Waals surface area contributed by atoms with Crippen LogP contribution < -0.4 is 0 Å². The lowest BCUT2D eigenvalue weighted by Crippen LogP contribution is -2.51. The first-order chi connectivity index (χ1) is 12.3. The number of nitrogens with zero attached hydrogens (tertiary/aromatic N) is 2. The normalized spacial score (nSPS) is 25.2. The first-order valence-corrected chi connectivity index (χ1v) is 10.4. The maximum absolute atomic E-state index is 13.4. The summed E-state index contributed by atoms with van der Waals surface area (Å²) in [6.45, 7) is 4.72. The lowest BCUT2D eigenvalue weighted by atomic mass is 9.99. The zero-order valence-corrected chi connectivity index (χ0v) is 15.4. The number of thioether (sulfide) groups is 1. The lowest BCUT2D eigenvalue weighted by molar-refractivity contribution is -0.188. The number of piperidine rings is 1. The smallest absolute Gasteiger partial charge is 0.244 e. The van der Waals surface area contributed by atoms with Crippen molar-refractivity contribution in [3.63, 3.8) is 0 Å². The summed E-state index contributed by atoms with van der Waals surface area (Å²) < 4.78 is 11.6. The van der Waals surface area contributed by atoms with Gasteiger partial charge in [0.1, 0.15) is 6.04 Å². The van der Waals surface area contributed by atoms with Crippen molar-refractivity contribution in [3.05, 3.63) is 35.9 Å². The first kappa shape index (κ1) is 17.3. The monoisotopic (exact) mass is 362 g/mol. The van der Waals surface area contributed by atoms with E-state index in [1.807, 2.05) is 34.9 Å². The molecule has 1 spiro atoms. The van der Waals surface area contributed by atoms with Gasteiger partial charge < -0.3 is 14.4 Å². The molecule has 136 valence electrons. The second-order valence-corrected chi connectivity index (χ2v) is 8.12. The summed E-state index contributed by atoms with van der Waals surface area (Å²) in [5.41, 5.74) is 1.10. The largest absolute Gasteiger partial charge is 0.347 e. The molecule has 0 unspecified atom stereocenters. The fraction of sp³-hybridized carbons (Fsp3) is 0.632. The highest BCUT2D eigenvalue weighted by Gasteiger charge is 2.42. The van der Waals surface area contributed by atoms with Crippen molar-refractivity contribution in [1.29, 1.82) is 0 Å². The van der Waals surface area contributed by atoms with Crippen LogP contribution in [0.3, 0.4) is 0 Å². The molecule has 1 aromatic rings. The number of likely N-dealkylation sites (tertiary alicyclic amines) is 1. The van der Waals surface area contributed by atoms with E-state index >= 15 is 0 Å². The molecular formula is C19H26N2O3S. The number of ether oxygens (including phenoxy) is 2. The molecule has 25 heavy (non-hydrogen) atoms. The summed E-state index contributed by atoms with van der Waals surface area (Å²) in [4.78, 5) is 17.8. The standard InChI is InChI=1S/C19H26N2O3S/c22-18(21-8-6-19(7-9-21)23-12-13-24-19)17(16-4-2-1-3-5-16)20-10-14-25-15-11-20/h1-5,17H,6-15H2/t17-/m1/s1. The Morgan fingerprint density at radius 2 is 1.64 bits per heavy atom. The fourth-order valence-electron chi connectivity index (χ4n) is 4.01. The number of hydrogen-bond donors (Lipinski definition) is 0. The molecule has 0 radical (unpaired) electrons. The van der Waals surface area contributed by atoms with E-state index in [1.165, 1.54) is 0 Å². The van der Waals surface area contributed by atoms with E-state index in [9.17, 15) is 4.79 Å². The van der Waals surface area contributed by atoms with E-state index in [2.05, 4.69) is 17.0 Å². The molecule has 0 N–H and O–H groups in total. The van der Waals surface area contributed by atoms with Gasteiger partial charge in [-0.15, -0.1) is 0 Å². The lowest BCUT2D eigenvalue weighted by Gasteiger charge is -2.41. The minimum absolute atomic E-state index is 0.165. The summed E-state index contributed by atoms with van der Waals surface area (Å²) in [6, 6.07) is 10.1. The summed E-state index contributed by atoms with van der Waals surface area (Å²) in [5, 5.41) is 0. The maximum atomic E-state index is 13.4. The third-order valence-corrected chi connectivity index (χ3v) is 6.35. The van der Waals surface area contributed by atoms with E-state index in [0.717, 1.165) is 43.0 Å². The van der Waals surface area contributed by atoms with E-state index in [-0.39, 0.29) is 11.9 Å². The molecule has 3 heterocycles. The predicted molar refractivity (Wildman–Crippen MR) is 98.5 cm³/mol. The topological polar surface area (TPSA) is 42.0 Å². The first-order valence-electron chi connectivity index (χ1n) is 9.21. The van der Waals surface area contributed by atoms with Gasteiger partial charge in [-0.05, 0) is 5.56 Å². The van der Waals surface area contributed by atoms with Crippen molar-refractivity contribution in [1.82, 2.24) is 9.80 Å². The van der Waals surface area contributed by atoms with E-state index in [1.54, 1.807) is 0 Å². The van der Waals surface area contributed by atoms with Crippen LogP contribution in [0.5, 0.6) is 0 Å². The van der Waals surface area contributed by atoms with Crippen molar-refractivity contribution in [3.8, 4) is 0 Å². The van der Waals surface area contributed by atoms with E-state index in [4.69, 9.17) is 9.47 Å². The molecule has 0 bridgehead atoms. The summed E-state index contributed by atoms with van der Waals surface area (Å²) >= 11 is 1.97. The van der Waals surface area contributed by atoms with Crippen molar-refractivity contribution < 1.29 is 14.3 Å². The van der Waals surface area contributed by atoms with Crippen LogP contribution >= 0.6 is 11.8 Å². The Kier molecular flexibility index (Phi) is 5.31. The molecule has 0 saturated carbocycles. The van der Waals surface area contributed by atoms with Crippen molar-refractivity contribution in [2.45, 2.75) is 24.7 Å². The van der Waals surface area contributed by atoms with Crippen LogP contribution in [-0.2, 0) is 14.3 Å². The third-order valence-electron chi connectivity index (χ3n) is 5.41. The molecule has 1 amide bonds. The summed E-state index contributed by atoms with van der Waals surface area (Å²) in [6.07, 6.45) is 1.55. The molecular weight excluding hydrogens is 336 g/mol. The molecule has 6 heteroatoms. The van der Waals surface area contributed by atoms with E-state index < -0.39 is 5.79 Å². The Labute approximate surface area is 153 Å². The quantitative estimate of drug-likeness (QED) is 0.824. The Hall–Kier alpha value is -1.08. The second kappa shape index (κ2) is 7.66. The highest BCUT2D eigenvalue weighted by molar-refractivity contribution is 7.99. The zero-order valence-electron chi connectivity index (χ0n) is 14.6. The minimum atomic E-state index is -0.430. The van der Waals surface area contributed by atoms with Gasteiger partial charge in [0.15, 0.2) is 5.79 Å². The Bertz CT molecular complexity index is 576. The zero-order chi connectivity index (χ0) is 17.1. The summed E-state index contributed by atoms with van der Waals surface area (Å²) in [5.74, 6) is 2.00. The molecule has 0 aromatic heterocycles. The molecule has 5 nitrogen and oxygen atoms in total. The van der Waals surface area contributed by atoms with Gasteiger partial charge in [-0.1, -0.05) is 30.3 Å². The van der Waals surface area contributed by atoms with Crippen LogP contribution in [0.25, 0.3) is 0 Å². The fourth-order valence-corrected chi connectivity index (χ4v) is 4.94. The van der Waals surface area contributed by atoms with Gasteiger partial charge in [0.2, 0.25) is 5.91 Å². The average molecular weight is 362 g/mol. The highest BCUT2D eigenvalue weighted by Crippen LogP contribution is 2.33. The van der Waals surface area contributed by atoms with Crippen LogP contribution in [-0.4, -0.2) is 72.4 Å². The second-order valence-electron chi connectivity index (χ2n) is 6.89. The summed E-state index contributed by atoms with van der Waals surface area (Å²) in [7, 11) is 0. The average Bonchev–Trinajstić information content (AvgIpc) is 3.12. The number of amides is 1. The minimum Gasteiger partial charge on any atom is -0.347 e. The van der Waals surface area contributed by atoms with Gasteiger partial charge in [-0.3, -0.25) is 9.69 Å². The van der Waals surface area contributed by atoms with Gasteiger partial charge in [-0.25, -0.2) is 0 Å². The number of rotatable bonds is 3. The number of carbonyl (C=O) groups is 1. The van der Waals surface area contributed by atoms with Crippen molar-refractivity contribution in [2.24, 2.45) is 0 Å². The molecule has 3 fully saturated rings. The molecule has 3 saturated heterocycles. The molecule has 1 aromatic carbocycles. The van der Waals surface area contributed by atoms with Gasteiger partial charge in [0.05, 0.1) is 13.2 Å². The highest BCUT2D eigenvalue weighted by atomic mass is 32.2. The predicted octanol–water partition coefficient (Wildman–Crippen LogP) is 2.14. The Morgan fingerprint density at radius 1 is 1.00 bits per heavy atom. The Morgan fingerprint density at radius 3 is 2.28 bits per heavy atom. The molecule has 3 aliphatic heterocycles. The molecule has 3 aliphatic rings. The van der Waals surface area contributed by atoms with Crippen LogP contribution in [0.15, 0.2) is 30.3 Å². The SMILES string of the molecule is O=C([C@@H](c1ccccc1)N1CCSCC1)N1CCC2(CC1)OCCO2. The van der Waals surface area contributed by atoms with Gasteiger partial charge in [0, 0.05) is 50.5 Å². The van der Waals surface area contributed by atoms with Crippen LogP contribution in [0.4, 0.5) is 0 Å². The van der Waals surface area contributed by atoms with Gasteiger partial charge in [0.25, 0.3) is 0 Å². The van der Waals surface area contributed by atoms with Gasteiger partial charge >= 0.3 is 0 Å². The maximum Gasteiger partial charge on any atom is 0.244 e. The number of benzene rings is 1. The van der Waals surface area contributed by atoms with Crippen LogP contribution in [0, 0.1) is 0 Å². The van der Waals surface area contributed by atoms with Crippen LogP contribution in [0.1, 0.15) is 24.4 Å². The molecule has 4 rings (SSSR count). The van der Waals surface area contributed by atoms with Crippen molar-refractivity contribution in [2.75, 3.05) is 50.9 Å². The molecule has 0 aliphatic carbocycles. The van der Waals surface area contributed by atoms with Crippen molar-refractivity contribution >= 4 is 17.7 Å². The van der Waals surface area contributed by atoms with Crippen LogP contribution in [0.2, 0.25) is 0 Å².